The number of hydrogen-bond donors (Lipinski definition) is 0. The van der Waals surface area contributed by atoms with Crippen LogP contribution in [0.2, 0.25) is 0 Å². The molecule has 230 valence electrons. The molecule has 0 spiro atoms. The highest BCUT2D eigenvalue weighted by atomic mass is 16.3. The van der Waals surface area contributed by atoms with Crippen LogP contribution in [0.4, 0.5) is 17.1 Å². The van der Waals surface area contributed by atoms with E-state index in [-0.39, 0.29) is 0 Å². The molecule has 0 fully saturated rings. The fourth-order valence-electron chi connectivity index (χ4n) is 7.56. The van der Waals surface area contributed by atoms with E-state index in [1.807, 2.05) is 0 Å². The zero-order valence-electron chi connectivity index (χ0n) is 26.6. The third kappa shape index (κ3) is 4.37. The lowest BCUT2D eigenvalue weighted by Crippen LogP contribution is -2.10. The highest BCUT2D eigenvalue weighted by Gasteiger charge is 2.23. The van der Waals surface area contributed by atoms with Crippen LogP contribution in [0.3, 0.4) is 0 Å². The van der Waals surface area contributed by atoms with Crippen LogP contribution in [-0.4, -0.2) is 4.57 Å². The summed E-state index contributed by atoms with van der Waals surface area (Å²) in [4.78, 5) is 2.35. The van der Waals surface area contributed by atoms with Crippen molar-refractivity contribution in [3.05, 3.63) is 182 Å². The van der Waals surface area contributed by atoms with Crippen molar-refractivity contribution in [2.24, 2.45) is 0 Å². The van der Waals surface area contributed by atoms with E-state index < -0.39 is 0 Å². The van der Waals surface area contributed by atoms with Crippen LogP contribution in [0.25, 0.3) is 71.3 Å². The number of anilines is 3. The number of nitrogens with zero attached hydrogens (tertiary/aromatic N) is 2. The standard InChI is InChI=1S/C46H30N2O/c1-3-13-31(14-4-1)32-25-27-36(28-26-32)47(35-17-5-2-6-18-35)40-21-11-23-43-45(40)46-41(22-12-24-44(46)49-43)48-39-20-10-9-19-37(39)38-29-33-15-7-8-16-34(33)30-42(38)48/h1-30H. The van der Waals surface area contributed by atoms with Gasteiger partial charge in [-0.15, -0.1) is 0 Å². The van der Waals surface area contributed by atoms with E-state index in [0.29, 0.717) is 0 Å². The molecule has 10 rings (SSSR count). The van der Waals surface area contributed by atoms with Crippen molar-refractivity contribution in [1.82, 2.24) is 4.57 Å². The van der Waals surface area contributed by atoms with Crippen LogP contribution >= 0.6 is 0 Å². The summed E-state index contributed by atoms with van der Waals surface area (Å²) in [7, 11) is 0. The van der Waals surface area contributed by atoms with Gasteiger partial charge in [0.2, 0.25) is 0 Å². The summed E-state index contributed by atoms with van der Waals surface area (Å²) in [6, 6.07) is 64.8. The number of hydrogen-bond acceptors (Lipinski definition) is 2. The Labute approximate surface area is 283 Å². The number of para-hydroxylation sites is 2. The topological polar surface area (TPSA) is 21.3 Å². The van der Waals surface area contributed by atoms with Gasteiger partial charge in [-0.2, -0.15) is 0 Å². The van der Waals surface area contributed by atoms with Gasteiger partial charge >= 0.3 is 0 Å². The van der Waals surface area contributed by atoms with Gasteiger partial charge in [-0.3, -0.25) is 0 Å². The molecule has 3 nitrogen and oxygen atoms in total. The summed E-state index contributed by atoms with van der Waals surface area (Å²) in [6.07, 6.45) is 0. The predicted octanol–water partition coefficient (Wildman–Crippen LogP) is 13.0. The Kier molecular flexibility index (Phi) is 6.18. The molecule has 10 aromatic rings. The molecule has 0 radical (unpaired) electrons. The molecule has 0 aliphatic rings. The number of rotatable bonds is 5. The quantitative estimate of drug-likeness (QED) is 0.190. The van der Waals surface area contributed by atoms with Gasteiger partial charge in [0.1, 0.15) is 11.2 Å². The minimum Gasteiger partial charge on any atom is -0.456 e. The summed E-state index contributed by atoms with van der Waals surface area (Å²) in [5, 5.41) is 7.10. The minimum absolute atomic E-state index is 0.855. The third-order valence-electron chi connectivity index (χ3n) is 9.75. The molecule has 0 unspecified atom stereocenters. The minimum atomic E-state index is 0.855. The maximum Gasteiger partial charge on any atom is 0.137 e. The van der Waals surface area contributed by atoms with Gasteiger partial charge in [-0.1, -0.05) is 115 Å². The molecule has 3 heteroatoms. The molecule has 0 aliphatic carbocycles. The van der Waals surface area contributed by atoms with Gasteiger partial charge in [0, 0.05) is 22.1 Å². The molecule has 2 heterocycles. The molecule has 0 atom stereocenters. The Morgan fingerprint density at radius 2 is 1.02 bits per heavy atom. The molecular formula is C46H30N2O. The van der Waals surface area contributed by atoms with Gasteiger partial charge in [0.25, 0.3) is 0 Å². The normalized spacial score (nSPS) is 11.7. The van der Waals surface area contributed by atoms with Crippen molar-refractivity contribution in [2.75, 3.05) is 4.90 Å². The maximum absolute atomic E-state index is 6.69. The lowest BCUT2D eigenvalue weighted by molar-refractivity contribution is 0.669. The molecule has 0 aliphatic heterocycles. The van der Waals surface area contributed by atoms with Crippen LogP contribution in [0.5, 0.6) is 0 Å². The maximum atomic E-state index is 6.69. The summed E-state index contributed by atoms with van der Waals surface area (Å²) in [6.45, 7) is 0. The SMILES string of the molecule is c1ccc(-c2ccc(N(c3ccccc3)c3cccc4oc5cccc(-n6c7ccccc7c7cc8ccccc8cc76)c5c34)cc2)cc1. The zero-order valence-corrected chi connectivity index (χ0v) is 26.6. The fourth-order valence-corrected chi connectivity index (χ4v) is 7.56. The molecule has 0 N–H and O–H groups in total. The van der Waals surface area contributed by atoms with Crippen LogP contribution < -0.4 is 4.90 Å². The molecule has 2 aromatic heterocycles. The number of furan rings is 1. The van der Waals surface area contributed by atoms with Gasteiger partial charge in [0.05, 0.1) is 33.2 Å². The third-order valence-corrected chi connectivity index (χ3v) is 9.75. The predicted molar refractivity (Wildman–Crippen MR) is 206 cm³/mol. The number of fused-ring (bicyclic) bond motifs is 7. The summed E-state index contributed by atoms with van der Waals surface area (Å²) in [5.74, 6) is 0. The van der Waals surface area contributed by atoms with Crippen molar-refractivity contribution in [3.8, 4) is 16.8 Å². The van der Waals surface area contributed by atoms with Crippen molar-refractivity contribution in [2.45, 2.75) is 0 Å². The summed E-state index contributed by atoms with van der Waals surface area (Å²) >= 11 is 0. The van der Waals surface area contributed by atoms with Crippen LogP contribution in [-0.2, 0) is 0 Å². The Morgan fingerprint density at radius 3 is 1.82 bits per heavy atom. The number of benzene rings is 8. The lowest BCUT2D eigenvalue weighted by Gasteiger charge is -2.26. The van der Waals surface area contributed by atoms with Gasteiger partial charge < -0.3 is 13.9 Å². The first-order chi connectivity index (χ1) is 24.3. The second-order valence-electron chi connectivity index (χ2n) is 12.6. The van der Waals surface area contributed by atoms with E-state index in [0.717, 1.165) is 44.7 Å². The van der Waals surface area contributed by atoms with E-state index >= 15 is 0 Å². The van der Waals surface area contributed by atoms with Crippen LogP contribution in [0.1, 0.15) is 0 Å². The molecule has 0 bridgehead atoms. The molecule has 49 heavy (non-hydrogen) atoms. The fraction of sp³-hybridized carbons (Fsp3) is 0. The summed E-state index contributed by atoms with van der Waals surface area (Å²) < 4.78 is 9.11. The van der Waals surface area contributed by atoms with Gasteiger partial charge in [-0.25, -0.2) is 0 Å². The van der Waals surface area contributed by atoms with E-state index in [2.05, 4.69) is 191 Å². The Bertz CT molecular complexity index is 2810. The molecule has 0 saturated heterocycles. The average molecular weight is 627 g/mol. The number of aromatic nitrogens is 1. The second kappa shape index (κ2) is 11.0. The van der Waals surface area contributed by atoms with Crippen molar-refractivity contribution >= 4 is 71.6 Å². The lowest BCUT2D eigenvalue weighted by atomic mass is 10.0. The highest BCUT2D eigenvalue weighted by Crippen LogP contribution is 2.46. The summed E-state index contributed by atoms with van der Waals surface area (Å²) in [5.41, 5.74) is 10.8. The second-order valence-corrected chi connectivity index (χ2v) is 12.6. The van der Waals surface area contributed by atoms with E-state index in [9.17, 15) is 0 Å². The van der Waals surface area contributed by atoms with E-state index in [1.165, 1.54) is 43.7 Å². The Balaban J connectivity index is 1.26. The van der Waals surface area contributed by atoms with E-state index in [1.54, 1.807) is 0 Å². The molecule has 8 aromatic carbocycles. The largest absolute Gasteiger partial charge is 0.456 e. The van der Waals surface area contributed by atoms with Gasteiger partial charge in [0.15, 0.2) is 0 Å². The molecule has 0 amide bonds. The first-order valence-electron chi connectivity index (χ1n) is 16.7. The highest BCUT2D eigenvalue weighted by molar-refractivity contribution is 6.19. The zero-order chi connectivity index (χ0) is 32.3. The van der Waals surface area contributed by atoms with Crippen molar-refractivity contribution in [1.29, 1.82) is 0 Å². The molecular weight excluding hydrogens is 597 g/mol. The van der Waals surface area contributed by atoms with Gasteiger partial charge in [-0.05, 0) is 88.6 Å². The van der Waals surface area contributed by atoms with Crippen LogP contribution in [0, 0.1) is 0 Å². The Morgan fingerprint density at radius 1 is 0.408 bits per heavy atom. The van der Waals surface area contributed by atoms with Crippen molar-refractivity contribution in [3.63, 3.8) is 0 Å². The van der Waals surface area contributed by atoms with Crippen molar-refractivity contribution < 1.29 is 4.42 Å². The molecule has 0 saturated carbocycles. The first kappa shape index (κ1) is 27.5. The monoisotopic (exact) mass is 626 g/mol. The Hall–Kier alpha value is -6.58. The first-order valence-corrected chi connectivity index (χ1v) is 16.7. The smallest absolute Gasteiger partial charge is 0.137 e. The van der Waals surface area contributed by atoms with Crippen LogP contribution in [0.15, 0.2) is 186 Å². The average Bonchev–Trinajstić information content (AvgIpc) is 3.71. The van der Waals surface area contributed by atoms with E-state index in [4.69, 9.17) is 4.42 Å².